The lowest BCUT2D eigenvalue weighted by molar-refractivity contribution is 0.258. The van der Waals surface area contributed by atoms with Crippen molar-refractivity contribution in [3.63, 3.8) is 0 Å². The first-order valence-electron chi connectivity index (χ1n) is 8.52. The van der Waals surface area contributed by atoms with Crippen molar-refractivity contribution in [1.82, 2.24) is 15.5 Å². The topological polar surface area (TPSA) is 62.0 Å². The molecule has 1 atom stereocenters. The smallest absolute Gasteiger partial charge is 0.191 e. The van der Waals surface area contributed by atoms with E-state index in [9.17, 15) is 0 Å². The first-order chi connectivity index (χ1) is 12.5. The van der Waals surface area contributed by atoms with E-state index in [-0.39, 0.29) is 30.0 Å². The number of nitrogens with zero attached hydrogens (tertiary/aromatic N) is 2. The lowest BCUT2D eigenvalue weighted by atomic mass is 10.1. The Bertz CT molecular complexity index is 708. The molecule has 1 heterocycles. The van der Waals surface area contributed by atoms with E-state index in [1.165, 1.54) is 0 Å². The average Bonchev–Trinajstić information content (AvgIpc) is 3.15. The molecule has 0 radical (unpaired) electrons. The van der Waals surface area contributed by atoms with E-state index in [1.54, 1.807) is 20.4 Å². The Labute approximate surface area is 183 Å². The predicted molar refractivity (Wildman–Crippen MR) is 122 cm³/mol. The minimum absolute atomic E-state index is 0. The van der Waals surface area contributed by atoms with Crippen molar-refractivity contribution in [2.24, 2.45) is 4.99 Å². The fourth-order valence-corrected chi connectivity index (χ4v) is 2.87. The fraction of sp³-hybridized carbons (Fsp3) is 0.421. The highest BCUT2D eigenvalue weighted by atomic mass is 127. The van der Waals surface area contributed by atoms with Gasteiger partial charge in [0.25, 0.3) is 0 Å². The van der Waals surface area contributed by atoms with Gasteiger partial charge in [-0.25, -0.2) is 0 Å². The Hall–Kier alpha value is -1.45. The molecule has 27 heavy (non-hydrogen) atoms. The molecule has 0 fully saturated rings. The number of nitrogens with one attached hydrogen (secondary N) is 2. The molecule has 2 aromatic rings. The highest BCUT2D eigenvalue weighted by Gasteiger charge is 2.17. The van der Waals surface area contributed by atoms with Gasteiger partial charge in [0.2, 0.25) is 0 Å². The van der Waals surface area contributed by atoms with Gasteiger partial charge in [0.05, 0.1) is 19.4 Å². The van der Waals surface area contributed by atoms with Crippen LogP contribution >= 0.6 is 35.6 Å². The molecule has 2 rings (SSSR count). The van der Waals surface area contributed by atoms with Crippen LogP contribution in [0.25, 0.3) is 0 Å². The van der Waals surface area contributed by atoms with Gasteiger partial charge >= 0.3 is 0 Å². The monoisotopic (exact) mass is 506 g/mol. The van der Waals surface area contributed by atoms with Gasteiger partial charge in [-0.15, -0.1) is 24.0 Å². The van der Waals surface area contributed by atoms with E-state index in [0.717, 1.165) is 36.0 Å². The zero-order valence-electron chi connectivity index (χ0n) is 16.2. The average molecular weight is 507 g/mol. The number of halogens is 2. The van der Waals surface area contributed by atoms with E-state index in [4.69, 9.17) is 20.8 Å². The summed E-state index contributed by atoms with van der Waals surface area (Å²) in [6.07, 6.45) is 2.48. The van der Waals surface area contributed by atoms with Gasteiger partial charge in [-0.05, 0) is 50.3 Å². The second kappa shape index (κ2) is 12.1. The van der Waals surface area contributed by atoms with Crippen molar-refractivity contribution in [2.45, 2.75) is 12.5 Å². The largest absolute Gasteiger partial charge is 0.497 e. The molecule has 0 aliphatic carbocycles. The molecule has 0 amide bonds. The van der Waals surface area contributed by atoms with E-state index >= 15 is 0 Å². The van der Waals surface area contributed by atoms with Crippen LogP contribution in [0.3, 0.4) is 0 Å². The standard InChI is InChI=1S/C19H27ClN4O2.HI/c1-21-19(23-13-17(24(2)3)18-6-5-11-26-18)22-10-9-14-7-8-15(25-4)12-16(14)20;/h5-8,11-12,17H,9-10,13H2,1-4H3,(H2,21,22,23);1H. The number of aliphatic imine (C=N–C) groups is 1. The van der Waals surface area contributed by atoms with Crippen LogP contribution in [-0.2, 0) is 6.42 Å². The normalized spacial score (nSPS) is 12.4. The maximum atomic E-state index is 6.28. The lowest BCUT2D eigenvalue weighted by Crippen LogP contribution is -2.42. The zero-order chi connectivity index (χ0) is 18.9. The molecule has 0 saturated carbocycles. The number of benzene rings is 1. The molecule has 1 aromatic carbocycles. The first-order valence-corrected chi connectivity index (χ1v) is 8.89. The quantitative estimate of drug-likeness (QED) is 0.326. The number of hydrogen-bond donors (Lipinski definition) is 2. The van der Waals surface area contributed by atoms with E-state index in [2.05, 4.69) is 20.5 Å². The number of ether oxygens (including phenoxy) is 1. The lowest BCUT2D eigenvalue weighted by Gasteiger charge is -2.23. The summed E-state index contributed by atoms with van der Waals surface area (Å²) in [6.45, 7) is 1.41. The maximum Gasteiger partial charge on any atom is 0.191 e. The Balaban J connectivity index is 0.00000364. The Morgan fingerprint density at radius 2 is 2.07 bits per heavy atom. The van der Waals surface area contributed by atoms with E-state index < -0.39 is 0 Å². The van der Waals surface area contributed by atoms with E-state index in [1.807, 2.05) is 44.4 Å². The molecule has 1 aromatic heterocycles. The molecule has 0 saturated heterocycles. The van der Waals surface area contributed by atoms with Gasteiger partial charge in [0.1, 0.15) is 11.5 Å². The Kier molecular flexibility index (Phi) is 10.6. The second-order valence-corrected chi connectivity index (χ2v) is 6.49. The minimum atomic E-state index is 0. The summed E-state index contributed by atoms with van der Waals surface area (Å²) in [7, 11) is 7.44. The van der Waals surface area contributed by atoms with Crippen LogP contribution in [0.5, 0.6) is 5.75 Å². The van der Waals surface area contributed by atoms with Gasteiger partial charge in [0.15, 0.2) is 5.96 Å². The molecule has 150 valence electrons. The molecular formula is C19H28ClIN4O2. The van der Waals surface area contributed by atoms with Crippen LogP contribution in [0.2, 0.25) is 5.02 Å². The van der Waals surface area contributed by atoms with Gasteiger partial charge in [0, 0.05) is 25.2 Å². The molecule has 8 heteroatoms. The fourth-order valence-electron chi connectivity index (χ4n) is 2.61. The number of hydrogen-bond acceptors (Lipinski definition) is 4. The summed E-state index contributed by atoms with van der Waals surface area (Å²) in [6, 6.07) is 9.73. The van der Waals surface area contributed by atoms with Crippen LogP contribution in [0.15, 0.2) is 46.0 Å². The number of furan rings is 1. The van der Waals surface area contributed by atoms with Crippen molar-refractivity contribution in [3.8, 4) is 5.75 Å². The van der Waals surface area contributed by atoms with Crippen molar-refractivity contribution in [2.75, 3.05) is 41.3 Å². The molecule has 0 aliphatic rings. The predicted octanol–water partition coefficient (Wildman–Crippen LogP) is 3.57. The number of methoxy groups -OCH3 is 1. The van der Waals surface area contributed by atoms with Gasteiger partial charge in [-0.3, -0.25) is 9.89 Å². The third-order valence-corrected chi connectivity index (χ3v) is 4.48. The van der Waals surface area contributed by atoms with Gasteiger partial charge in [-0.2, -0.15) is 0 Å². The highest BCUT2D eigenvalue weighted by Crippen LogP contribution is 2.22. The van der Waals surface area contributed by atoms with Crippen LogP contribution in [0.4, 0.5) is 0 Å². The van der Waals surface area contributed by atoms with Crippen LogP contribution in [0, 0.1) is 0 Å². The Morgan fingerprint density at radius 3 is 2.63 bits per heavy atom. The van der Waals surface area contributed by atoms with Gasteiger partial charge in [-0.1, -0.05) is 17.7 Å². The maximum absolute atomic E-state index is 6.28. The zero-order valence-corrected chi connectivity index (χ0v) is 19.2. The molecule has 0 aliphatic heterocycles. The molecule has 6 nitrogen and oxygen atoms in total. The molecule has 2 N–H and O–H groups in total. The number of likely N-dealkylation sites (N-methyl/N-ethyl adjacent to an activating group) is 1. The molecule has 1 unspecified atom stereocenters. The van der Waals surface area contributed by atoms with E-state index in [0.29, 0.717) is 11.6 Å². The minimum Gasteiger partial charge on any atom is -0.497 e. The molecular weight excluding hydrogens is 479 g/mol. The summed E-state index contributed by atoms with van der Waals surface area (Å²) < 4.78 is 10.7. The van der Waals surface area contributed by atoms with Crippen molar-refractivity contribution in [1.29, 1.82) is 0 Å². The SMILES string of the molecule is CN=C(NCCc1ccc(OC)cc1Cl)NCC(c1ccco1)N(C)C.I. The summed E-state index contributed by atoms with van der Waals surface area (Å²) >= 11 is 6.28. The summed E-state index contributed by atoms with van der Waals surface area (Å²) in [5, 5.41) is 7.36. The summed E-state index contributed by atoms with van der Waals surface area (Å²) in [5.41, 5.74) is 1.07. The Morgan fingerprint density at radius 1 is 1.30 bits per heavy atom. The highest BCUT2D eigenvalue weighted by molar-refractivity contribution is 14.0. The first kappa shape index (κ1) is 23.6. The summed E-state index contributed by atoms with van der Waals surface area (Å²) in [4.78, 5) is 6.38. The van der Waals surface area contributed by atoms with Crippen LogP contribution in [0.1, 0.15) is 17.4 Å². The van der Waals surface area contributed by atoms with Crippen LogP contribution in [-0.4, -0.2) is 52.2 Å². The third kappa shape index (κ3) is 7.23. The molecule has 0 spiro atoms. The van der Waals surface area contributed by atoms with Crippen molar-refractivity contribution >= 4 is 41.5 Å². The second-order valence-electron chi connectivity index (χ2n) is 6.08. The molecule has 0 bridgehead atoms. The van der Waals surface area contributed by atoms with Crippen molar-refractivity contribution < 1.29 is 9.15 Å². The van der Waals surface area contributed by atoms with Crippen molar-refractivity contribution in [3.05, 3.63) is 52.9 Å². The third-order valence-electron chi connectivity index (χ3n) is 4.13. The van der Waals surface area contributed by atoms with Gasteiger partial charge < -0.3 is 19.8 Å². The summed E-state index contributed by atoms with van der Waals surface area (Å²) in [5.74, 6) is 2.42. The van der Waals surface area contributed by atoms with Crippen LogP contribution < -0.4 is 15.4 Å². The number of guanidine groups is 1. The number of rotatable bonds is 8.